The van der Waals surface area contributed by atoms with Crippen LogP contribution in [0.1, 0.15) is 38.7 Å². The maximum Gasteiger partial charge on any atom is 0.323 e. The standard InChI is InChI=1S/C17H23NO3/c1-5-21-17(19)14(11-18)10-16(12(2)3)13-6-8-15(20-4)9-7-13/h6-9,12,14,16H,5,10H2,1-4H3/t14?,16-/m0/s1. The molecule has 0 aliphatic rings. The number of carbonyl (C=O) groups excluding carboxylic acids is 1. The number of nitrogens with zero attached hydrogens (tertiary/aromatic N) is 1. The minimum Gasteiger partial charge on any atom is -0.497 e. The second-order valence-electron chi connectivity index (χ2n) is 5.29. The Balaban J connectivity index is 2.90. The zero-order valence-corrected chi connectivity index (χ0v) is 13.1. The summed E-state index contributed by atoms with van der Waals surface area (Å²) in [5, 5.41) is 9.21. The SMILES string of the molecule is CCOC(=O)C(C#N)C[C@H](c1ccc(OC)cc1)C(C)C. The highest BCUT2D eigenvalue weighted by atomic mass is 16.5. The monoisotopic (exact) mass is 289 g/mol. The van der Waals surface area contributed by atoms with Crippen LogP contribution in [0.25, 0.3) is 0 Å². The van der Waals surface area contributed by atoms with E-state index in [0.29, 0.717) is 18.9 Å². The van der Waals surface area contributed by atoms with Crippen molar-refractivity contribution in [1.82, 2.24) is 0 Å². The first-order valence-electron chi connectivity index (χ1n) is 7.23. The Morgan fingerprint density at radius 2 is 1.90 bits per heavy atom. The Labute approximate surface area is 126 Å². The van der Waals surface area contributed by atoms with E-state index in [1.807, 2.05) is 24.3 Å². The number of methoxy groups -OCH3 is 1. The fourth-order valence-electron chi connectivity index (χ4n) is 2.34. The van der Waals surface area contributed by atoms with E-state index in [0.717, 1.165) is 11.3 Å². The van der Waals surface area contributed by atoms with Crippen LogP contribution in [0, 0.1) is 23.2 Å². The van der Waals surface area contributed by atoms with E-state index in [4.69, 9.17) is 9.47 Å². The Morgan fingerprint density at radius 1 is 1.29 bits per heavy atom. The molecule has 4 nitrogen and oxygen atoms in total. The molecule has 1 aromatic rings. The summed E-state index contributed by atoms with van der Waals surface area (Å²) in [4.78, 5) is 11.8. The molecule has 2 atom stereocenters. The quantitative estimate of drug-likeness (QED) is 0.720. The summed E-state index contributed by atoms with van der Waals surface area (Å²) in [6.45, 7) is 6.23. The van der Waals surface area contributed by atoms with Gasteiger partial charge in [0.05, 0.1) is 19.8 Å². The van der Waals surface area contributed by atoms with E-state index in [2.05, 4.69) is 19.9 Å². The number of hydrogen-bond acceptors (Lipinski definition) is 4. The molecule has 4 heteroatoms. The molecule has 0 aliphatic heterocycles. The summed E-state index contributed by atoms with van der Waals surface area (Å²) in [6, 6.07) is 9.84. The van der Waals surface area contributed by atoms with Gasteiger partial charge in [-0.2, -0.15) is 5.26 Å². The van der Waals surface area contributed by atoms with Crippen molar-refractivity contribution < 1.29 is 14.3 Å². The molecule has 0 radical (unpaired) electrons. The lowest BCUT2D eigenvalue weighted by Crippen LogP contribution is -2.21. The van der Waals surface area contributed by atoms with Crippen LogP contribution in [0.5, 0.6) is 5.75 Å². The van der Waals surface area contributed by atoms with E-state index >= 15 is 0 Å². The first kappa shape index (κ1) is 17.0. The molecule has 0 saturated carbocycles. The highest BCUT2D eigenvalue weighted by molar-refractivity contribution is 5.75. The van der Waals surface area contributed by atoms with E-state index in [-0.39, 0.29) is 5.92 Å². The third-order valence-electron chi connectivity index (χ3n) is 3.57. The molecule has 0 fully saturated rings. The Kier molecular flexibility index (Phi) is 6.74. The van der Waals surface area contributed by atoms with Gasteiger partial charge in [0.15, 0.2) is 0 Å². The van der Waals surface area contributed by atoms with Crippen molar-refractivity contribution in [2.45, 2.75) is 33.1 Å². The summed E-state index contributed by atoms with van der Waals surface area (Å²) in [5.74, 6) is 0.0933. The van der Waals surface area contributed by atoms with Crippen molar-refractivity contribution in [2.75, 3.05) is 13.7 Å². The number of rotatable bonds is 7. The fraction of sp³-hybridized carbons (Fsp3) is 0.529. The van der Waals surface area contributed by atoms with E-state index in [1.54, 1.807) is 14.0 Å². The number of carbonyl (C=O) groups is 1. The first-order chi connectivity index (χ1) is 10.0. The van der Waals surface area contributed by atoms with Crippen LogP contribution in [-0.4, -0.2) is 19.7 Å². The van der Waals surface area contributed by atoms with Crippen LogP contribution in [0.2, 0.25) is 0 Å². The van der Waals surface area contributed by atoms with E-state index in [1.165, 1.54) is 0 Å². The highest BCUT2D eigenvalue weighted by Crippen LogP contribution is 2.32. The van der Waals surface area contributed by atoms with Gasteiger partial charge in [-0.3, -0.25) is 4.79 Å². The molecule has 0 saturated heterocycles. The van der Waals surface area contributed by atoms with Crippen LogP contribution >= 0.6 is 0 Å². The predicted molar refractivity (Wildman–Crippen MR) is 80.9 cm³/mol. The van der Waals surface area contributed by atoms with Crippen molar-refractivity contribution in [2.24, 2.45) is 11.8 Å². The summed E-state index contributed by atoms with van der Waals surface area (Å²) >= 11 is 0. The zero-order chi connectivity index (χ0) is 15.8. The van der Waals surface area contributed by atoms with Crippen LogP contribution in [0.15, 0.2) is 24.3 Å². The van der Waals surface area contributed by atoms with Gasteiger partial charge < -0.3 is 9.47 Å². The van der Waals surface area contributed by atoms with Gasteiger partial charge in [0, 0.05) is 0 Å². The predicted octanol–water partition coefficient (Wildman–Crippen LogP) is 3.53. The second-order valence-corrected chi connectivity index (χ2v) is 5.29. The minimum atomic E-state index is -0.723. The lowest BCUT2D eigenvalue weighted by atomic mass is 9.81. The molecule has 1 aromatic carbocycles. The summed E-state index contributed by atoms with van der Waals surface area (Å²) in [7, 11) is 1.63. The van der Waals surface area contributed by atoms with Crippen molar-refractivity contribution in [3.05, 3.63) is 29.8 Å². The molecule has 21 heavy (non-hydrogen) atoms. The van der Waals surface area contributed by atoms with E-state index in [9.17, 15) is 10.1 Å². The molecular formula is C17H23NO3. The Morgan fingerprint density at radius 3 is 2.33 bits per heavy atom. The lowest BCUT2D eigenvalue weighted by molar-refractivity contribution is -0.146. The van der Waals surface area contributed by atoms with Crippen molar-refractivity contribution in [1.29, 1.82) is 5.26 Å². The van der Waals surface area contributed by atoms with Crippen molar-refractivity contribution >= 4 is 5.97 Å². The fourth-order valence-corrected chi connectivity index (χ4v) is 2.34. The Bertz CT molecular complexity index is 488. The smallest absolute Gasteiger partial charge is 0.323 e. The maximum atomic E-state index is 11.8. The van der Waals surface area contributed by atoms with Crippen LogP contribution < -0.4 is 4.74 Å². The molecule has 0 N–H and O–H groups in total. The number of ether oxygens (including phenoxy) is 2. The molecular weight excluding hydrogens is 266 g/mol. The molecule has 0 bridgehead atoms. The van der Waals surface area contributed by atoms with Crippen LogP contribution in [0.4, 0.5) is 0 Å². The van der Waals surface area contributed by atoms with Gasteiger partial charge in [0.2, 0.25) is 0 Å². The van der Waals surface area contributed by atoms with Gasteiger partial charge in [-0.05, 0) is 42.9 Å². The molecule has 1 unspecified atom stereocenters. The molecule has 0 amide bonds. The number of benzene rings is 1. The van der Waals surface area contributed by atoms with Gasteiger partial charge in [-0.25, -0.2) is 0 Å². The third-order valence-corrected chi connectivity index (χ3v) is 3.57. The molecule has 0 aromatic heterocycles. The maximum absolute atomic E-state index is 11.8. The average molecular weight is 289 g/mol. The first-order valence-corrected chi connectivity index (χ1v) is 7.23. The molecule has 1 rings (SSSR count). The van der Waals surface area contributed by atoms with Crippen molar-refractivity contribution in [3.63, 3.8) is 0 Å². The summed E-state index contributed by atoms with van der Waals surface area (Å²) < 4.78 is 10.1. The van der Waals surface area contributed by atoms with Crippen LogP contribution in [0.3, 0.4) is 0 Å². The second kappa shape index (κ2) is 8.31. The Hall–Kier alpha value is -2.02. The molecule has 0 spiro atoms. The van der Waals surface area contributed by atoms with Gasteiger partial charge in [-0.15, -0.1) is 0 Å². The number of hydrogen-bond donors (Lipinski definition) is 0. The third kappa shape index (κ3) is 4.78. The summed E-state index contributed by atoms with van der Waals surface area (Å²) in [6.07, 6.45) is 0.472. The van der Waals surface area contributed by atoms with Gasteiger partial charge in [0.25, 0.3) is 0 Å². The van der Waals surface area contributed by atoms with Gasteiger partial charge >= 0.3 is 5.97 Å². The topological polar surface area (TPSA) is 59.3 Å². The molecule has 0 aliphatic carbocycles. The normalized spacial score (nSPS) is 13.3. The number of nitriles is 1. The van der Waals surface area contributed by atoms with Crippen LogP contribution in [-0.2, 0) is 9.53 Å². The molecule has 0 heterocycles. The van der Waals surface area contributed by atoms with Crippen molar-refractivity contribution in [3.8, 4) is 11.8 Å². The number of esters is 1. The molecule has 114 valence electrons. The minimum absolute atomic E-state index is 0.130. The van der Waals surface area contributed by atoms with Gasteiger partial charge in [0.1, 0.15) is 11.7 Å². The van der Waals surface area contributed by atoms with Gasteiger partial charge in [-0.1, -0.05) is 26.0 Å². The highest BCUT2D eigenvalue weighted by Gasteiger charge is 2.26. The summed E-state index contributed by atoms with van der Waals surface area (Å²) in [5.41, 5.74) is 1.11. The lowest BCUT2D eigenvalue weighted by Gasteiger charge is -2.23. The average Bonchev–Trinajstić information content (AvgIpc) is 2.48. The zero-order valence-electron chi connectivity index (χ0n) is 13.1. The largest absolute Gasteiger partial charge is 0.497 e. The van der Waals surface area contributed by atoms with E-state index < -0.39 is 11.9 Å².